The molecule has 0 radical (unpaired) electrons. The highest BCUT2D eigenvalue weighted by atomic mass is 16.3. The maximum Gasteiger partial charge on any atom is 0.119 e. The molecule has 0 aliphatic heterocycles. The Bertz CT molecular complexity index is 414. The van der Waals surface area contributed by atoms with Gasteiger partial charge >= 0.3 is 0 Å². The molecule has 0 saturated carbocycles. The molecule has 0 heterocycles. The van der Waals surface area contributed by atoms with Crippen LogP contribution in [-0.2, 0) is 5.41 Å². The quantitative estimate of drug-likeness (QED) is 0.601. The average Bonchev–Trinajstić information content (AvgIpc) is 2.06. The van der Waals surface area contributed by atoms with Gasteiger partial charge < -0.3 is 10.8 Å². The number of aryl methyl sites for hydroxylation is 1. The van der Waals surface area contributed by atoms with E-state index < -0.39 is 0 Å². The predicted octanol–water partition coefficient (Wildman–Crippen LogP) is 4.00. The maximum absolute atomic E-state index is 10.1. The Morgan fingerprint density at radius 2 is 1.65 bits per heavy atom. The van der Waals surface area contributed by atoms with Crippen LogP contribution in [-0.4, -0.2) is 5.11 Å². The number of benzene rings is 1. The third-order valence-corrected chi connectivity index (χ3v) is 3.09. The van der Waals surface area contributed by atoms with Crippen molar-refractivity contribution in [3.05, 3.63) is 23.3 Å². The van der Waals surface area contributed by atoms with Crippen molar-refractivity contribution in [1.29, 1.82) is 0 Å². The molecule has 17 heavy (non-hydrogen) atoms. The Labute approximate surface area is 105 Å². The molecule has 1 rings (SSSR count). The molecule has 1 aromatic rings. The number of anilines is 1. The summed E-state index contributed by atoms with van der Waals surface area (Å²) < 4.78 is 0. The summed E-state index contributed by atoms with van der Waals surface area (Å²) in [4.78, 5) is 0. The van der Waals surface area contributed by atoms with Crippen LogP contribution in [0.2, 0.25) is 0 Å². The van der Waals surface area contributed by atoms with Crippen molar-refractivity contribution in [2.45, 2.75) is 53.4 Å². The summed E-state index contributed by atoms with van der Waals surface area (Å²) in [6, 6.07) is 3.67. The summed E-state index contributed by atoms with van der Waals surface area (Å²) in [5.41, 5.74) is 8.70. The molecule has 0 atom stereocenters. The van der Waals surface area contributed by atoms with Crippen LogP contribution in [0.3, 0.4) is 0 Å². The van der Waals surface area contributed by atoms with Gasteiger partial charge in [0.2, 0.25) is 0 Å². The zero-order valence-electron chi connectivity index (χ0n) is 11.9. The first-order valence-corrected chi connectivity index (χ1v) is 6.12. The van der Waals surface area contributed by atoms with Crippen LogP contribution in [0.25, 0.3) is 0 Å². The number of hydrogen-bond acceptors (Lipinski definition) is 2. The smallest absolute Gasteiger partial charge is 0.119 e. The number of nitrogen functional groups attached to an aromatic ring is 1. The van der Waals surface area contributed by atoms with Gasteiger partial charge in [-0.15, -0.1) is 0 Å². The maximum atomic E-state index is 10.1. The van der Waals surface area contributed by atoms with E-state index >= 15 is 0 Å². The van der Waals surface area contributed by atoms with Gasteiger partial charge in [0.05, 0.1) is 0 Å². The molecular weight excluding hydrogens is 210 g/mol. The number of hydrogen-bond donors (Lipinski definition) is 2. The van der Waals surface area contributed by atoms with Gasteiger partial charge in [-0.3, -0.25) is 0 Å². The largest absolute Gasteiger partial charge is 0.508 e. The van der Waals surface area contributed by atoms with Gasteiger partial charge in [0.1, 0.15) is 5.75 Å². The van der Waals surface area contributed by atoms with Gasteiger partial charge in [-0.25, -0.2) is 0 Å². The van der Waals surface area contributed by atoms with Crippen LogP contribution in [0, 0.1) is 12.3 Å². The summed E-state index contributed by atoms with van der Waals surface area (Å²) in [6.07, 6.45) is 0.996. The first-order valence-electron chi connectivity index (χ1n) is 6.12. The lowest BCUT2D eigenvalue weighted by atomic mass is 9.72. The molecule has 0 spiro atoms. The van der Waals surface area contributed by atoms with Crippen molar-refractivity contribution >= 4 is 5.69 Å². The van der Waals surface area contributed by atoms with E-state index in [2.05, 4.69) is 34.6 Å². The van der Waals surface area contributed by atoms with E-state index in [-0.39, 0.29) is 10.8 Å². The number of nitrogens with two attached hydrogens (primary N) is 1. The number of aromatic hydroxyl groups is 1. The zero-order valence-corrected chi connectivity index (χ0v) is 11.9. The molecule has 0 bridgehead atoms. The zero-order chi connectivity index (χ0) is 13.4. The van der Waals surface area contributed by atoms with E-state index in [1.165, 1.54) is 0 Å². The Balaban J connectivity index is 3.19. The summed E-state index contributed by atoms with van der Waals surface area (Å²) in [6.45, 7) is 12.9. The van der Waals surface area contributed by atoms with Gasteiger partial charge in [0, 0.05) is 11.3 Å². The molecular formula is C15H25NO. The standard InChI is InChI=1S/C15H25NO/c1-10-7-13(17)11(8-12(10)16)15(5,6)9-14(2,3)4/h7-8,17H,9,16H2,1-6H3. The Hall–Kier alpha value is -1.18. The molecule has 2 heteroatoms. The van der Waals surface area contributed by atoms with E-state index in [1.54, 1.807) is 6.07 Å². The van der Waals surface area contributed by atoms with Crippen molar-refractivity contribution in [1.82, 2.24) is 0 Å². The molecule has 0 aromatic heterocycles. The van der Waals surface area contributed by atoms with Gasteiger partial charge in [-0.05, 0) is 41.9 Å². The minimum Gasteiger partial charge on any atom is -0.508 e. The number of phenolic OH excluding ortho intramolecular Hbond substituents is 1. The van der Waals surface area contributed by atoms with Crippen molar-refractivity contribution in [2.75, 3.05) is 5.73 Å². The normalized spacial score (nSPS) is 12.8. The van der Waals surface area contributed by atoms with Gasteiger partial charge in [-0.1, -0.05) is 34.6 Å². The van der Waals surface area contributed by atoms with Gasteiger partial charge in [0.25, 0.3) is 0 Å². The van der Waals surface area contributed by atoms with E-state index in [9.17, 15) is 5.11 Å². The highest BCUT2D eigenvalue weighted by Gasteiger charge is 2.29. The van der Waals surface area contributed by atoms with Crippen LogP contribution in [0.4, 0.5) is 5.69 Å². The Morgan fingerprint density at radius 3 is 2.12 bits per heavy atom. The molecule has 0 aliphatic rings. The average molecular weight is 235 g/mol. The molecule has 96 valence electrons. The first-order chi connectivity index (χ1) is 7.53. The van der Waals surface area contributed by atoms with E-state index in [1.807, 2.05) is 13.0 Å². The van der Waals surface area contributed by atoms with Crippen molar-refractivity contribution < 1.29 is 5.11 Å². The Morgan fingerprint density at radius 1 is 1.12 bits per heavy atom. The van der Waals surface area contributed by atoms with Crippen molar-refractivity contribution in [2.24, 2.45) is 5.41 Å². The monoisotopic (exact) mass is 235 g/mol. The fourth-order valence-electron chi connectivity index (χ4n) is 2.67. The summed E-state index contributed by atoms with van der Waals surface area (Å²) in [5.74, 6) is 0.353. The molecule has 3 N–H and O–H groups in total. The van der Waals surface area contributed by atoms with Crippen LogP contribution in [0.15, 0.2) is 12.1 Å². The van der Waals surface area contributed by atoms with Crippen LogP contribution < -0.4 is 5.73 Å². The second kappa shape index (κ2) is 4.25. The van der Waals surface area contributed by atoms with Crippen LogP contribution in [0.5, 0.6) is 5.75 Å². The fraction of sp³-hybridized carbons (Fsp3) is 0.600. The SMILES string of the molecule is Cc1cc(O)c(C(C)(C)CC(C)(C)C)cc1N. The lowest BCUT2D eigenvalue weighted by molar-refractivity contribution is 0.278. The number of rotatable bonds is 2. The molecule has 0 amide bonds. The van der Waals surface area contributed by atoms with E-state index in [4.69, 9.17) is 5.73 Å². The number of phenols is 1. The van der Waals surface area contributed by atoms with Crippen LogP contribution in [0.1, 0.15) is 52.2 Å². The first kappa shape index (κ1) is 13.9. The third kappa shape index (κ3) is 3.39. The Kier molecular flexibility index (Phi) is 3.47. The minimum atomic E-state index is -0.0792. The second-order valence-electron chi connectivity index (χ2n) is 6.85. The third-order valence-electron chi connectivity index (χ3n) is 3.09. The highest BCUT2D eigenvalue weighted by Crippen LogP contribution is 2.41. The minimum absolute atomic E-state index is 0.0792. The van der Waals surface area contributed by atoms with E-state index in [0.717, 1.165) is 23.2 Å². The molecule has 0 saturated heterocycles. The van der Waals surface area contributed by atoms with Crippen molar-refractivity contribution in [3.8, 4) is 5.75 Å². The highest BCUT2D eigenvalue weighted by molar-refractivity contribution is 5.55. The summed E-state index contributed by atoms with van der Waals surface area (Å²) in [5, 5.41) is 10.1. The molecule has 1 aromatic carbocycles. The lowest BCUT2D eigenvalue weighted by Gasteiger charge is -2.33. The van der Waals surface area contributed by atoms with Gasteiger partial charge in [0.15, 0.2) is 0 Å². The van der Waals surface area contributed by atoms with E-state index in [0.29, 0.717) is 5.75 Å². The molecule has 0 fully saturated rings. The summed E-state index contributed by atoms with van der Waals surface area (Å²) in [7, 11) is 0. The van der Waals surface area contributed by atoms with Crippen LogP contribution >= 0.6 is 0 Å². The predicted molar refractivity (Wildman–Crippen MR) is 74.4 cm³/mol. The second-order valence-corrected chi connectivity index (χ2v) is 6.85. The van der Waals surface area contributed by atoms with Crippen molar-refractivity contribution in [3.63, 3.8) is 0 Å². The molecule has 0 aliphatic carbocycles. The fourth-order valence-corrected chi connectivity index (χ4v) is 2.67. The topological polar surface area (TPSA) is 46.2 Å². The molecule has 2 nitrogen and oxygen atoms in total. The lowest BCUT2D eigenvalue weighted by Crippen LogP contribution is -2.25. The molecule has 0 unspecified atom stereocenters. The van der Waals surface area contributed by atoms with Gasteiger partial charge in [-0.2, -0.15) is 0 Å². The summed E-state index contributed by atoms with van der Waals surface area (Å²) >= 11 is 0.